The molecule has 0 spiro atoms. The van der Waals surface area contributed by atoms with Gasteiger partial charge in [0.25, 0.3) is 0 Å². The van der Waals surface area contributed by atoms with Crippen molar-refractivity contribution in [2.45, 2.75) is 26.9 Å². The van der Waals surface area contributed by atoms with Crippen LogP contribution in [0.4, 0.5) is 0 Å². The minimum absolute atomic E-state index is 0.0464. The summed E-state index contributed by atoms with van der Waals surface area (Å²) in [7, 11) is -3.30. The fraction of sp³-hybridized carbons (Fsp3) is 0.625. The Labute approximate surface area is 78.5 Å². The molecule has 13 heavy (non-hydrogen) atoms. The molecule has 5 heteroatoms. The quantitative estimate of drug-likeness (QED) is 0.511. The molecule has 0 bridgehead atoms. The summed E-state index contributed by atoms with van der Waals surface area (Å²) in [6.45, 7) is 8.05. The van der Waals surface area contributed by atoms with Gasteiger partial charge in [0.05, 0.1) is 12.3 Å². The van der Waals surface area contributed by atoms with E-state index in [0.29, 0.717) is 0 Å². The fourth-order valence-electron chi connectivity index (χ4n) is 0.777. The van der Waals surface area contributed by atoms with Crippen molar-refractivity contribution < 1.29 is 18.4 Å². The van der Waals surface area contributed by atoms with Crippen molar-refractivity contribution in [2.75, 3.05) is 6.16 Å². The first-order valence-electron chi connectivity index (χ1n) is 3.98. The Morgan fingerprint density at radius 2 is 2.15 bits per heavy atom. The van der Waals surface area contributed by atoms with Gasteiger partial charge in [-0.1, -0.05) is 6.08 Å². The molecule has 0 aromatic heterocycles. The van der Waals surface area contributed by atoms with E-state index >= 15 is 0 Å². The van der Waals surface area contributed by atoms with Crippen molar-refractivity contribution >= 4 is 13.6 Å². The van der Waals surface area contributed by atoms with Crippen LogP contribution in [-0.2, 0) is 18.4 Å². The van der Waals surface area contributed by atoms with Crippen molar-refractivity contribution in [3.8, 4) is 0 Å². The van der Waals surface area contributed by atoms with Crippen LogP contribution < -0.4 is 0 Å². The molecule has 0 aliphatic carbocycles. The maximum Gasteiger partial charge on any atom is 0.385 e. The number of carbonyl (C=O) groups excluding carboxylic acids is 1. The zero-order chi connectivity index (χ0) is 10.5. The van der Waals surface area contributed by atoms with Crippen LogP contribution in [-0.4, -0.2) is 18.2 Å². The van der Waals surface area contributed by atoms with E-state index in [-0.39, 0.29) is 12.3 Å². The van der Waals surface area contributed by atoms with Gasteiger partial charge in [0, 0.05) is 6.92 Å². The molecule has 0 aliphatic rings. The van der Waals surface area contributed by atoms with Gasteiger partial charge in [0.1, 0.15) is 0 Å². The van der Waals surface area contributed by atoms with Crippen LogP contribution in [0.15, 0.2) is 12.7 Å². The van der Waals surface area contributed by atoms with E-state index in [1.165, 1.54) is 13.0 Å². The molecule has 0 amide bonds. The number of rotatable bonds is 5. The third kappa shape index (κ3) is 5.61. The Hall–Kier alpha value is -0.600. The molecule has 0 aromatic rings. The van der Waals surface area contributed by atoms with Gasteiger partial charge >= 0.3 is 13.6 Å². The molecule has 0 heterocycles. The third-order valence-electron chi connectivity index (χ3n) is 0.992. The zero-order valence-corrected chi connectivity index (χ0v) is 9.04. The first-order chi connectivity index (χ1) is 5.89. The lowest BCUT2D eigenvalue weighted by molar-refractivity contribution is -0.132. The van der Waals surface area contributed by atoms with Gasteiger partial charge in [0.15, 0.2) is 0 Å². The highest BCUT2D eigenvalue weighted by molar-refractivity contribution is 7.54. The van der Waals surface area contributed by atoms with Crippen LogP contribution in [0.2, 0.25) is 0 Å². The smallest absolute Gasteiger partial charge is 0.385 e. The summed E-state index contributed by atoms with van der Waals surface area (Å²) < 4.78 is 21.3. The van der Waals surface area contributed by atoms with Gasteiger partial charge in [-0.25, -0.2) is 4.57 Å². The van der Waals surface area contributed by atoms with Crippen molar-refractivity contribution in [3.05, 3.63) is 12.7 Å². The Morgan fingerprint density at radius 3 is 2.46 bits per heavy atom. The van der Waals surface area contributed by atoms with E-state index in [1.807, 2.05) is 0 Å². The molecule has 0 fully saturated rings. The molecule has 1 atom stereocenters. The first kappa shape index (κ1) is 12.4. The molecular formula is C8H15O4P. The third-order valence-corrected chi connectivity index (χ3v) is 2.98. The summed E-state index contributed by atoms with van der Waals surface area (Å²) in [5, 5.41) is 0. The van der Waals surface area contributed by atoms with Gasteiger partial charge in [-0.15, -0.1) is 6.58 Å². The maximum absolute atomic E-state index is 11.7. The minimum Gasteiger partial charge on any atom is -0.392 e. The molecule has 0 N–H and O–H groups in total. The van der Waals surface area contributed by atoms with Crippen LogP contribution >= 0.6 is 7.60 Å². The monoisotopic (exact) mass is 206 g/mol. The van der Waals surface area contributed by atoms with E-state index in [4.69, 9.17) is 4.52 Å². The average Bonchev–Trinajstić information content (AvgIpc) is 1.81. The molecule has 0 saturated carbocycles. The average molecular weight is 206 g/mol. The van der Waals surface area contributed by atoms with E-state index in [2.05, 4.69) is 11.1 Å². The molecule has 0 saturated heterocycles. The largest absolute Gasteiger partial charge is 0.392 e. The van der Waals surface area contributed by atoms with Crippen LogP contribution in [0.5, 0.6) is 0 Å². The molecule has 0 aromatic carbocycles. The van der Waals surface area contributed by atoms with Gasteiger partial charge in [-0.05, 0) is 13.8 Å². The van der Waals surface area contributed by atoms with E-state index in [1.54, 1.807) is 13.8 Å². The Kier molecular flexibility index (Phi) is 4.96. The van der Waals surface area contributed by atoms with Gasteiger partial charge in [-0.2, -0.15) is 0 Å². The van der Waals surface area contributed by atoms with Crippen molar-refractivity contribution in [1.29, 1.82) is 0 Å². The molecule has 4 nitrogen and oxygen atoms in total. The van der Waals surface area contributed by atoms with Crippen LogP contribution in [0.3, 0.4) is 0 Å². The summed E-state index contributed by atoms with van der Waals surface area (Å²) in [4.78, 5) is 10.6. The van der Waals surface area contributed by atoms with Crippen LogP contribution in [0.25, 0.3) is 0 Å². The SMILES string of the molecule is C=CCP(=O)(OC(C)=O)OC(C)C. The number of carbonyl (C=O) groups is 1. The van der Waals surface area contributed by atoms with Gasteiger partial charge in [0.2, 0.25) is 0 Å². The first-order valence-corrected chi connectivity index (χ1v) is 5.71. The Morgan fingerprint density at radius 1 is 1.62 bits per heavy atom. The summed E-state index contributed by atoms with van der Waals surface area (Å²) in [6, 6.07) is 0. The summed E-state index contributed by atoms with van der Waals surface area (Å²) in [5.74, 6) is -0.606. The zero-order valence-electron chi connectivity index (χ0n) is 8.15. The van der Waals surface area contributed by atoms with Crippen molar-refractivity contribution in [2.24, 2.45) is 0 Å². The maximum atomic E-state index is 11.7. The van der Waals surface area contributed by atoms with Gasteiger partial charge in [-0.3, -0.25) is 9.32 Å². The molecule has 1 unspecified atom stereocenters. The van der Waals surface area contributed by atoms with E-state index < -0.39 is 13.6 Å². The lowest BCUT2D eigenvalue weighted by atomic mass is 10.5. The fourth-order valence-corrected chi connectivity index (χ4v) is 2.33. The second-order valence-corrected chi connectivity index (χ2v) is 4.80. The highest BCUT2D eigenvalue weighted by Gasteiger charge is 2.26. The Bertz CT molecular complexity index is 234. The van der Waals surface area contributed by atoms with E-state index in [0.717, 1.165) is 0 Å². The molecule has 76 valence electrons. The molecule has 0 radical (unpaired) electrons. The van der Waals surface area contributed by atoms with Crippen molar-refractivity contribution in [3.63, 3.8) is 0 Å². The van der Waals surface area contributed by atoms with Crippen LogP contribution in [0, 0.1) is 0 Å². The van der Waals surface area contributed by atoms with E-state index in [9.17, 15) is 9.36 Å². The minimum atomic E-state index is -3.30. The topological polar surface area (TPSA) is 52.6 Å². The lowest BCUT2D eigenvalue weighted by Crippen LogP contribution is -2.07. The van der Waals surface area contributed by atoms with Crippen LogP contribution in [0.1, 0.15) is 20.8 Å². The lowest BCUT2D eigenvalue weighted by Gasteiger charge is -2.17. The predicted molar refractivity (Wildman–Crippen MR) is 50.7 cm³/mol. The normalized spacial score (nSPS) is 15.1. The molecule has 0 rings (SSSR count). The second-order valence-electron chi connectivity index (χ2n) is 2.82. The Balaban J connectivity index is 4.42. The number of hydrogen-bond acceptors (Lipinski definition) is 4. The molecule has 0 aliphatic heterocycles. The highest BCUT2D eigenvalue weighted by Crippen LogP contribution is 2.49. The number of hydrogen-bond donors (Lipinski definition) is 0. The summed E-state index contributed by atoms with van der Waals surface area (Å²) in [6.07, 6.45) is 1.21. The van der Waals surface area contributed by atoms with Gasteiger partial charge < -0.3 is 4.52 Å². The number of allylic oxidation sites excluding steroid dienone is 1. The summed E-state index contributed by atoms with van der Waals surface area (Å²) in [5.41, 5.74) is 0. The standard InChI is InChI=1S/C8H15O4P/c1-5-6-13(10,11-7(2)3)12-8(4)9/h5,7H,1,6H2,2-4H3. The predicted octanol–water partition coefficient (Wildman–Crippen LogP) is 2.35. The second kappa shape index (κ2) is 5.20. The highest BCUT2D eigenvalue weighted by atomic mass is 31.2. The molecular weight excluding hydrogens is 191 g/mol. The van der Waals surface area contributed by atoms with Crippen molar-refractivity contribution in [1.82, 2.24) is 0 Å². The summed E-state index contributed by atoms with van der Waals surface area (Å²) >= 11 is 0.